The topological polar surface area (TPSA) is 59.1 Å². The van der Waals surface area contributed by atoms with E-state index in [2.05, 4.69) is 9.71 Å². The number of nitrogens with zero attached hydrogens (tertiary/aromatic N) is 1. The third kappa shape index (κ3) is 4.31. The van der Waals surface area contributed by atoms with Crippen LogP contribution in [0.3, 0.4) is 0 Å². The lowest BCUT2D eigenvalue weighted by Crippen LogP contribution is -2.40. The van der Waals surface area contributed by atoms with Crippen LogP contribution in [0.4, 0.5) is 0 Å². The molecular weight excluding hydrogens is 312 g/mol. The van der Waals surface area contributed by atoms with Gasteiger partial charge in [0.2, 0.25) is 0 Å². The molecule has 2 rings (SSSR count). The lowest BCUT2D eigenvalue weighted by atomic mass is 10.1. The molecule has 2 aromatic heterocycles. The summed E-state index contributed by atoms with van der Waals surface area (Å²) in [4.78, 5) is 4.21. The van der Waals surface area contributed by atoms with Gasteiger partial charge < -0.3 is 0 Å². The van der Waals surface area contributed by atoms with Gasteiger partial charge in [0.05, 0.1) is 4.21 Å². The smallest absolute Gasteiger partial charge is 0.250 e. The van der Waals surface area contributed by atoms with Gasteiger partial charge in [0.25, 0.3) is 10.0 Å². The second kappa shape index (κ2) is 5.85. The molecular formula is C13H16N2O2S3. The molecule has 0 atom stereocenters. The SMILES string of the molecule is CC(C)(C)NS(=O)(=O)c1ccc(Sc2ccccn2)s1. The molecule has 2 heterocycles. The Bertz CT molecular complexity index is 673. The summed E-state index contributed by atoms with van der Waals surface area (Å²) in [5.74, 6) is 0. The Kier molecular flexibility index (Phi) is 4.53. The maximum absolute atomic E-state index is 12.2. The summed E-state index contributed by atoms with van der Waals surface area (Å²) < 4.78 is 28.2. The van der Waals surface area contributed by atoms with Crippen molar-refractivity contribution in [2.24, 2.45) is 0 Å². The van der Waals surface area contributed by atoms with Crippen LogP contribution in [-0.4, -0.2) is 18.9 Å². The quantitative estimate of drug-likeness (QED) is 0.935. The van der Waals surface area contributed by atoms with E-state index in [1.165, 1.54) is 23.1 Å². The molecule has 0 saturated heterocycles. The Morgan fingerprint density at radius 2 is 1.95 bits per heavy atom. The number of hydrogen-bond acceptors (Lipinski definition) is 5. The Morgan fingerprint density at radius 1 is 1.20 bits per heavy atom. The zero-order valence-corrected chi connectivity index (χ0v) is 13.9. The summed E-state index contributed by atoms with van der Waals surface area (Å²) in [7, 11) is -3.45. The van der Waals surface area contributed by atoms with Crippen molar-refractivity contribution in [3.05, 3.63) is 36.5 Å². The van der Waals surface area contributed by atoms with Crippen LogP contribution in [-0.2, 0) is 10.0 Å². The first kappa shape index (κ1) is 15.5. The normalized spacial score (nSPS) is 12.6. The van der Waals surface area contributed by atoms with Crippen molar-refractivity contribution in [3.63, 3.8) is 0 Å². The molecule has 0 bridgehead atoms. The highest BCUT2D eigenvalue weighted by Crippen LogP contribution is 2.34. The molecule has 7 heteroatoms. The van der Waals surface area contributed by atoms with E-state index in [0.717, 1.165) is 9.24 Å². The molecule has 1 N–H and O–H groups in total. The van der Waals surface area contributed by atoms with Crippen LogP contribution in [0, 0.1) is 0 Å². The monoisotopic (exact) mass is 328 g/mol. The molecule has 0 unspecified atom stereocenters. The Hall–Kier alpha value is -0.890. The molecule has 2 aromatic rings. The number of nitrogens with one attached hydrogen (secondary N) is 1. The van der Waals surface area contributed by atoms with Crippen molar-refractivity contribution >= 4 is 33.1 Å². The van der Waals surface area contributed by atoms with Gasteiger partial charge in [0.1, 0.15) is 9.24 Å². The molecule has 0 spiro atoms. The van der Waals surface area contributed by atoms with E-state index in [9.17, 15) is 8.42 Å². The average Bonchev–Trinajstić information content (AvgIpc) is 2.76. The van der Waals surface area contributed by atoms with E-state index in [4.69, 9.17) is 0 Å². The minimum atomic E-state index is -3.45. The minimum Gasteiger partial charge on any atom is -0.250 e. The number of thiophene rings is 1. The zero-order chi connectivity index (χ0) is 14.8. The van der Waals surface area contributed by atoms with Crippen LogP contribution in [0.25, 0.3) is 0 Å². The van der Waals surface area contributed by atoms with Gasteiger partial charge in [-0.25, -0.2) is 18.1 Å². The lowest BCUT2D eigenvalue weighted by Gasteiger charge is -2.19. The summed E-state index contributed by atoms with van der Waals surface area (Å²) >= 11 is 2.71. The summed E-state index contributed by atoms with van der Waals surface area (Å²) in [5, 5.41) is 0.849. The van der Waals surface area contributed by atoms with Gasteiger partial charge in [-0.3, -0.25) is 0 Å². The zero-order valence-electron chi connectivity index (χ0n) is 11.5. The highest BCUT2D eigenvalue weighted by atomic mass is 32.3. The Morgan fingerprint density at radius 3 is 2.55 bits per heavy atom. The van der Waals surface area contributed by atoms with Gasteiger partial charge in [-0.05, 0) is 45.0 Å². The largest absolute Gasteiger partial charge is 0.250 e. The summed E-state index contributed by atoms with van der Waals surface area (Å²) in [6.07, 6.45) is 1.72. The van der Waals surface area contributed by atoms with Crippen molar-refractivity contribution in [1.82, 2.24) is 9.71 Å². The van der Waals surface area contributed by atoms with E-state index in [0.29, 0.717) is 4.21 Å². The highest BCUT2D eigenvalue weighted by molar-refractivity contribution is 8.01. The summed E-state index contributed by atoms with van der Waals surface area (Å²) in [5.41, 5.74) is -0.489. The third-order valence-corrected chi connectivity index (χ3v) is 6.52. The number of sulfonamides is 1. The Balaban J connectivity index is 2.17. The molecule has 4 nitrogen and oxygen atoms in total. The molecule has 0 fully saturated rings. The van der Waals surface area contributed by atoms with E-state index >= 15 is 0 Å². The van der Waals surface area contributed by atoms with Crippen LogP contribution in [0.15, 0.2) is 50.0 Å². The van der Waals surface area contributed by atoms with Gasteiger partial charge in [0.15, 0.2) is 0 Å². The first-order valence-electron chi connectivity index (χ1n) is 5.99. The van der Waals surface area contributed by atoms with Crippen molar-refractivity contribution in [2.75, 3.05) is 0 Å². The van der Waals surface area contributed by atoms with Crippen LogP contribution >= 0.6 is 23.1 Å². The van der Waals surface area contributed by atoms with E-state index in [1.54, 1.807) is 18.3 Å². The number of pyridine rings is 1. The second-order valence-corrected chi connectivity index (χ2v) is 9.51. The molecule has 0 aliphatic rings. The van der Waals surface area contributed by atoms with Crippen LogP contribution < -0.4 is 4.72 Å². The van der Waals surface area contributed by atoms with Crippen molar-refractivity contribution in [2.45, 2.75) is 39.8 Å². The standard InChI is InChI=1S/C13H16N2O2S3/c1-13(2,3)15-20(16,17)12-8-7-11(19-12)18-10-6-4-5-9-14-10/h4-9,15H,1-3H3. The summed E-state index contributed by atoms with van der Waals surface area (Å²) in [6, 6.07) is 9.08. The molecule has 0 radical (unpaired) electrons. The number of hydrogen-bond donors (Lipinski definition) is 1. The van der Waals surface area contributed by atoms with Crippen LogP contribution in [0.2, 0.25) is 0 Å². The fourth-order valence-corrected chi connectivity index (χ4v) is 5.38. The molecule has 0 saturated carbocycles. The minimum absolute atomic E-state index is 0.325. The third-order valence-electron chi connectivity index (χ3n) is 2.11. The maximum atomic E-state index is 12.2. The van der Waals surface area contributed by atoms with Crippen LogP contribution in [0.1, 0.15) is 20.8 Å². The summed E-state index contributed by atoms with van der Waals surface area (Å²) in [6.45, 7) is 5.46. The molecule has 20 heavy (non-hydrogen) atoms. The predicted octanol–water partition coefficient (Wildman–Crippen LogP) is 3.37. The van der Waals surface area contributed by atoms with Crippen molar-refractivity contribution in [3.8, 4) is 0 Å². The van der Waals surface area contributed by atoms with Crippen molar-refractivity contribution < 1.29 is 8.42 Å². The predicted molar refractivity (Wildman–Crippen MR) is 82.8 cm³/mol. The fourth-order valence-electron chi connectivity index (χ4n) is 1.47. The van der Waals surface area contributed by atoms with Gasteiger partial charge in [-0.2, -0.15) is 0 Å². The second-order valence-electron chi connectivity index (χ2n) is 5.20. The van der Waals surface area contributed by atoms with Gasteiger partial charge >= 0.3 is 0 Å². The molecule has 0 aliphatic heterocycles. The maximum Gasteiger partial charge on any atom is 0.250 e. The van der Waals surface area contributed by atoms with Gasteiger partial charge in [-0.1, -0.05) is 17.8 Å². The van der Waals surface area contributed by atoms with Gasteiger partial charge in [0, 0.05) is 11.7 Å². The number of rotatable bonds is 4. The molecule has 0 amide bonds. The highest BCUT2D eigenvalue weighted by Gasteiger charge is 2.23. The van der Waals surface area contributed by atoms with E-state index in [1.807, 2.05) is 39.0 Å². The molecule has 0 aliphatic carbocycles. The first-order chi connectivity index (χ1) is 9.26. The van der Waals surface area contributed by atoms with E-state index in [-0.39, 0.29) is 0 Å². The van der Waals surface area contributed by atoms with Gasteiger partial charge in [-0.15, -0.1) is 11.3 Å². The van der Waals surface area contributed by atoms with Crippen molar-refractivity contribution in [1.29, 1.82) is 0 Å². The Labute approximate surface area is 127 Å². The molecule has 108 valence electrons. The lowest BCUT2D eigenvalue weighted by molar-refractivity contribution is 0.492. The van der Waals surface area contributed by atoms with Crippen LogP contribution in [0.5, 0.6) is 0 Å². The fraction of sp³-hybridized carbons (Fsp3) is 0.308. The molecule has 0 aromatic carbocycles. The number of aromatic nitrogens is 1. The average molecular weight is 328 g/mol. The first-order valence-corrected chi connectivity index (χ1v) is 9.11. The van der Waals surface area contributed by atoms with E-state index < -0.39 is 15.6 Å².